The Balaban J connectivity index is 2.53. The topological polar surface area (TPSA) is 38.4 Å². The summed E-state index contributed by atoms with van der Waals surface area (Å²) in [6.45, 7) is 3.06. The first-order chi connectivity index (χ1) is 3.91. The first-order valence-electron chi connectivity index (χ1n) is 2.65. The van der Waals surface area contributed by atoms with Gasteiger partial charge in [0.15, 0.2) is 6.79 Å². The summed E-state index contributed by atoms with van der Waals surface area (Å²) in [5.41, 5.74) is 0. The molecule has 3 nitrogen and oxygen atoms in total. The lowest BCUT2D eigenvalue weighted by Gasteiger charge is -1.97. The average molecular weight is 119 g/mol. The molecule has 0 unspecified atom stereocenters. The normalized spacial score (nSPS) is 9.75. The monoisotopic (exact) mass is 119 g/mol. The van der Waals surface area contributed by atoms with Crippen molar-refractivity contribution >= 4 is 0 Å². The van der Waals surface area contributed by atoms with Crippen LogP contribution in [0, 0.1) is 0 Å². The number of rotatable bonds is 5. The van der Waals surface area contributed by atoms with Gasteiger partial charge in [0.1, 0.15) is 0 Å². The molecular weight excluding hydrogens is 108 g/mol. The molecule has 49 valence electrons. The lowest BCUT2D eigenvalue weighted by Crippen LogP contribution is -2.03. The fourth-order valence-corrected chi connectivity index (χ4v) is 0.321. The molecule has 0 aliphatic rings. The first-order valence-corrected chi connectivity index (χ1v) is 2.65. The Morgan fingerprint density at radius 3 is 2.38 bits per heavy atom. The highest BCUT2D eigenvalue weighted by Crippen LogP contribution is 1.74. The zero-order valence-electron chi connectivity index (χ0n) is 5.05. The molecule has 0 bridgehead atoms. The van der Waals surface area contributed by atoms with Crippen LogP contribution in [0.4, 0.5) is 0 Å². The number of ether oxygens (including phenoxy) is 2. The van der Waals surface area contributed by atoms with Crippen LogP contribution in [0.3, 0.4) is 0 Å². The van der Waals surface area contributed by atoms with Crippen LogP contribution in [-0.2, 0) is 14.6 Å². The summed E-state index contributed by atoms with van der Waals surface area (Å²) in [7, 11) is 0. The lowest BCUT2D eigenvalue weighted by atomic mass is 10.7. The highest BCUT2D eigenvalue weighted by molar-refractivity contribution is 4.22. The Kier molecular flexibility index (Phi) is 6.78. The van der Waals surface area contributed by atoms with Gasteiger partial charge in [-0.3, -0.25) is 0 Å². The minimum atomic E-state index is -0.465. The van der Waals surface area contributed by atoms with Crippen molar-refractivity contribution in [1.29, 1.82) is 0 Å². The van der Waals surface area contributed by atoms with Crippen molar-refractivity contribution in [3.63, 3.8) is 0 Å². The summed E-state index contributed by atoms with van der Waals surface area (Å²) in [6, 6.07) is 0. The Bertz CT molecular complexity index is 32.7. The molecule has 3 heteroatoms. The molecule has 0 heterocycles. The molecule has 0 amide bonds. The van der Waals surface area contributed by atoms with Crippen LogP contribution in [0.1, 0.15) is 6.92 Å². The maximum atomic E-state index is 9.62. The van der Waals surface area contributed by atoms with E-state index in [1.165, 1.54) is 0 Å². The second kappa shape index (κ2) is 6.88. The SMILES string of the molecule is CCOCCOC[O]. The van der Waals surface area contributed by atoms with Crippen molar-refractivity contribution in [2.75, 3.05) is 26.6 Å². The Morgan fingerprint density at radius 1 is 1.25 bits per heavy atom. The molecule has 0 rings (SSSR count). The van der Waals surface area contributed by atoms with Gasteiger partial charge in [-0.05, 0) is 6.92 Å². The van der Waals surface area contributed by atoms with Gasteiger partial charge in [-0.1, -0.05) is 0 Å². The predicted molar refractivity (Wildman–Crippen MR) is 28.0 cm³/mol. The van der Waals surface area contributed by atoms with Crippen molar-refractivity contribution in [2.24, 2.45) is 0 Å². The van der Waals surface area contributed by atoms with Gasteiger partial charge in [0, 0.05) is 6.61 Å². The van der Waals surface area contributed by atoms with Crippen LogP contribution in [0.2, 0.25) is 0 Å². The van der Waals surface area contributed by atoms with Gasteiger partial charge in [-0.15, -0.1) is 0 Å². The van der Waals surface area contributed by atoms with Crippen molar-refractivity contribution < 1.29 is 14.6 Å². The smallest absolute Gasteiger partial charge is 0.180 e. The van der Waals surface area contributed by atoms with E-state index in [0.717, 1.165) is 0 Å². The number of hydrogen-bond donors (Lipinski definition) is 0. The molecule has 0 fully saturated rings. The minimum Gasteiger partial charge on any atom is -0.379 e. The molecule has 0 N–H and O–H groups in total. The number of hydrogen-bond acceptors (Lipinski definition) is 2. The quantitative estimate of drug-likeness (QED) is 0.388. The lowest BCUT2D eigenvalue weighted by molar-refractivity contribution is -0.0610. The molecule has 0 aromatic carbocycles. The van der Waals surface area contributed by atoms with E-state index in [0.29, 0.717) is 19.8 Å². The molecule has 0 saturated carbocycles. The van der Waals surface area contributed by atoms with E-state index in [9.17, 15) is 5.11 Å². The molecule has 0 atom stereocenters. The predicted octanol–water partition coefficient (Wildman–Crippen LogP) is 0.427. The van der Waals surface area contributed by atoms with E-state index in [-0.39, 0.29) is 0 Å². The van der Waals surface area contributed by atoms with Gasteiger partial charge in [0.25, 0.3) is 0 Å². The summed E-state index contributed by atoms with van der Waals surface area (Å²) in [6.07, 6.45) is 0. The summed E-state index contributed by atoms with van der Waals surface area (Å²) in [4.78, 5) is 0. The summed E-state index contributed by atoms with van der Waals surface area (Å²) in [5.74, 6) is 0. The second-order valence-electron chi connectivity index (χ2n) is 1.22. The largest absolute Gasteiger partial charge is 0.379 e. The third-order valence-corrected chi connectivity index (χ3v) is 0.659. The third-order valence-electron chi connectivity index (χ3n) is 0.659. The molecule has 1 radical (unpaired) electrons. The summed E-state index contributed by atoms with van der Waals surface area (Å²) >= 11 is 0. The van der Waals surface area contributed by atoms with E-state index in [4.69, 9.17) is 4.74 Å². The van der Waals surface area contributed by atoms with E-state index in [1.807, 2.05) is 6.92 Å². The Morgan fingerprint density at radius 2 is 1.88 bits per heavy atom. The molecule has 0 aliphatic heterocycles. The second-order valence-corrected chi connectivity index (χ2v) is 1.22. The molecule has 0 aromatic rings. The van der Waals surface area contributed by atoms with Crippen LogP contribution in [-0.4, -0.2) is 26.6 Å². The van der Waals surface area contributed by atoms with E-state index >= 15 is 0 Å². The van der Waals surface area contributed by atoms with E-state index in [1.54, 1.807) is 0 Å². The molecule has 8 heavy (non-hydrogen) atoms. The minimum absolute atomic E-state index is 0.414. The summed E-state index contributed by atoms with van der Waals surface area (Å²) < 4.78 is 9.33. The van der Waals surface area contributed by atoms with E-state index < -0.39 is 6.79 Å². The molecule has 0 saturated heterocycles. The van der Waals surface area contributed by atoms with Crippen LogP contribution in [0.5, 0.6) is 0 Å². The van der Waals surface area contributed by atoms with Gasteiger partial charge in [-0.2, -0.15) is 0 Å². The van der Waals surface area contributed by atoms with E-state index in [2.05, 4.69) is 4.74 Å². The molecule has 0 aromatic heterocycles. The van der Waals surface area contributed by atoms with Gasteiger partial charge in [-0.25, -0.2) is 5.11 Å². The van der Waals surface area contributed by atoms with Crippen molar-refractivity contribution in [3.05, 3.63) is 0 Å². The molecular formula is C5H11O3. The zero-order chi connectivity index (χ0) is 6.24. The highest BCUT2D eigenvalue weighted by Gasteiger charge is 1.82. The van der Waals surface area contributed by atoms with Gasteiger partial charge < -0.3 is 9.47 Å². The van der Waals surface area contributed by atoms with Gasteiger partial charge in [0.2, 0.25) is 0 Å². The summed E-state index contributed by atoms with van der Waals surface area (Å²) in [5, 5.41) is 9.62. The maximum Gasteiger partial charge on any atom is 0.180 e. The van der Waals surface area contributed by atoms with Gasteiger partial charge >= 0.3 is 0 Å². The van der Waals surface area contributed by atoms with Gasteiger partial charge in [0.05, 0.1) is 13.2 Å². The standard InChI is InChI=1S/C5H11O3/c1-2-7-3-4-8-5-6/h2-5H2,1H3. The van der Waals surface area contributed by atoms with Crippen molar-refractivity contribution in [1.82, 2.24) is 0 Å². The fourth-order valence-electron chi connectivity index (χ4n) is 0.321. The zero-order valence-corrected chi connectivity index (χ0v) is 5.05. The van der Waals surface area contributed by atoms with Crippen LogP contribution >= 0.6 is 0 Å². The fraction of sp³-hybridized carbons (Fsp3) is 1.00. The highest BCUT2D eigenvalue weighted by atomic mass is 16.6. The third kappa shape index (κ3) is 5.88. The Labute approximate surface area is 49.2 Å². The van der Waals surface area contributed by atoms with Crippen LogP contribution < -0.4 is 0 Å². The average Bonchev–Trinajstić information content (AvgIpc) is 1.81. The molecule has 0 aliphatic carbocycles. The van der Waals surface area contributed by atoms with Crippen molar-refractivity contribution in [2.45, 2.75) is 6.92 Å². The van der Waals surface area contributed by atoms with Crippen molar-refractivity contribution in [3.8, 4) is 0 Å². The maximum absolute atomic E-state index is 9.62. The van der Waals surface area contributed by atoms with Crippen LogP contribution in [0.15, 0.2) is 0 Å². The Hall–Kier alpha value is -0.120. The first kappa shape index (κ1) is 7.88. The van der Waals surface area contributed by atoms with Crippen LogP contribution in [0.25, 0.3) is 0 Å². The molecule has 0 spiro atoms.